The van der Waals surface area contributed by atoms with Gasteiger partial charge in [-0.05, 0) is 23.8 Å². The average Bonchev–Trinajstić information content (AvgIpc) is 3.30. The molecule has 0 saturated carbocycles. The van der Waals surface area contributed by atoms with E-state index in [0.717, 1.165) is 11.3 Å². The second kappa shape index (κ2) is 9.36. The first-order chi connectivity index (χ1) is 15.9. The van der Waals surface area contributed by atoms with E-state index in [9.17, 15) is 18.0 Å². The molecule has 1 aromatic carbocycles. The molecule has 0 saturated heterocycles. The van der Waals surface area contributed by atoms with Crippen molar-refractivity contribution in [1.29, 1.82) is 0 Å². The van der Waals surface area contributed by atoms with E-state index >= 15 is 0 Å². The molecular weight excluding hydrogens is 440 g/mol. The van der Waals surface area contributed by atoms with Crippen LogP contribution in [0.4, 0.5) is 0 Å². The van der Waals surface area contributed by atoms with E-state index in [-0.39, 0.29) is 23.4 Å². The minimum absolute atomic E-state index is 0.00531. The molecule has 0 N–H and O–H groups in total. The Bertz CT molecular complexity index is 1290. The number of carbonyl (C=O) groups excluding carboxylic acids is 1. The van der Waals surface area contributed by atoms with E-state index in [1.54, 1.807) is 18.7 Å². The first-order valence-corrected chi connectivity index (χ1v) is 12.5. The molecule has 0 fully saturated rings. The third-order valence-corrected chi connectivity index (χ3v) is 8.11. The van der Waals surface area contributed by atoms with Crippen molar-refractivity contribution < 1.29 is 13.2 Å². The van der Waals surface area contributed by atoms with Gasteiger partial charge in [-0.3, -0.25) is 9.59 Å². The summed E-state index contributed by atoms with van der Waals surface area (Å²) in [5.74, 6) is -0.240. The van der Waals surface area contributed by atoms with Crippen LogP contribution in [0.1, 0.15) is 31.1 Å². The maximum atomic E-state index is 13.4. The number of benzene rings is 1. The normalized spacial score (nSPS) is 16.1. The molecule has 9 heteroatoms. The van der Waals surface area contributed by atoms with E-state index in [1.165, 1.54) is 27.2 Å². The van der Waals surface area contributed by atoms with Crippen molar-refractivity contribution in [2.75, 3.05) is 19.6 Å². The lowest BCUT2D eigenvalue weighted by Gasteiger charge is -2.37. The summed E-state index contributed by atoms with van der Waals surface area (Å²) in [5, 5.41) is 0. The fourth-order valence-corrected chi connectivity index (χ4v) is 5.85. The molecule has 1 amide bonds. The van der Waals surface area contributed by atoms with Crippen molar-refractivity contribution in [2.24, 2.45) is 0 Å². The molecule has 174 valence electrons. The molecule has 4 rings (SSSR count). The van der Waals surface area contributed by atoms with E-state index in [2.05, 4.69) is 4.57 Å². The zero-order valence-corrected chi connectivity index (χ0v) is 19.6. The number of amides is 1. The van der Waals surface area contributed by atoms with E-state index in [4.69, 9.17) is 0 Å². The quantitative estimate of drug-likeness (QED) is 0.533. The molecule has 3 heterocycles. The number of rotatable bonds is 7. The van der Waals surface area contributed by atoms with Gasteiger partial charge in [0.2, 0.25) is 15.9 Å². The molecule has 0 radical (unpaired) electrons. The topological polar surface area (TPSA) is 84.6 Å². The van der Waals surface area contributed by atoms with Crippen LogP contribution in [0.2, 0.25) is 0 Å². The van der Waals surface area contributed by atoms with Gasteiger partial charge in [0.15, 0.2) is 0 Å². The average molecular weight is 469 g/mol. The largest absolute Gasteiger partial charge is 0.348 e. The van der Waals surface area contributed by atoms with E-state index in [1.807, 2.05) is 48.7 Å². The van der Waals surface area contributed by atoms with Gasteiger partial charge >= 0.3 is 0 Å². The third-order valence-electron chi connectivity index (χ3n) is 6.08. The smallest absolute Gasteiger partial charge is 0.251 e. The zero-order valence-electron chi connectivity index (χ0n) is 18.8. The molecule has 1 atom stereocenters. The first-order valence-electron chi connectivity index (χ1n) is 11.1. The van der Waals surface area contributed by atoms with Crippen LogP contribution in [0, 0.1) is 0 Å². The SMILES string of the molecule is CCN(CC)S(=O)(=O)c1ccc(=O)n(CC(=O)N2CCn3cccc3C2c2ccccc2)c1. The summed E-state index contributed by atoms with van der Waals surface area (Å²) < 4.78 is 30.4. The zero-order chi connectivity index (χ0) is 23.6. The van der Waals surface area contributed by atoms with E-state index in [0.29, 0.717) is 26.2 Å². The number of carbonyl (C=O) groups is 1. The van der Waals surface area contributed by atoms with Crippen molar-refractivity contribution in [1.82, 2.24) is 18.3 Å². The van der Waals surface area contributed by atoms with Crippen LogP contribution in [0.25, 0.3) is 0 Å². The number of fused-ring (bicyclic) bond motifs is 1. The van der Waals surface area contributed by atoms with Crippen LogP contribution in [0.15, 0.2) is 76.7 Å². The van der Waals surface area contributed by atoms with Crippen LogP contribution in [-0.2, 0) is 27.9 Å². The molecule has 1 aliphatic rings. The number of hydrogen-bond donors (Lipinski definition) is 0. The lowest BCUT2D eigenvalue weighted by atomic mass is 10.00. The Balaban J connectivity index is 1.66. The number of nitrogens with zero attached hydrogens (tertiary/aromatic N) is 4. The molecule has 0 bridgehead atoms. The van der Waals surface area contributed by atoms with Gasteiger partial charge in [0.25, 0.3) is 5.56 Å². The molecule has 0 aliphatic carbocycles. The minimum atomic E-state index is -3.74. The van der Waals surface area contributed by atoms with Gasteiger partial charge in [0, 0.05) is 50.3 Å². The molecule has 0 spiro atoms. The number of aromatic nitrogens is 2. The third kappa shape index (κ3) is 4.38. The van der Waals surface area contributed by atoms with Crippen LogP contribution < -0.4 is 5.56 Å². The Labute approximate surface area is 193 Å². The molecule has 2 aromatic heterocycles. The van der Waals surface area contributed by atoms with Gasteiger partial charge in [-0.25, -0.2) is 8.42 Å². The second-order valence-corrected chi connectivity index (χ2v) is 9.89. The van der Waals surface area contributed by atoms with Crippen LogP contribution in [0.3, 0.4) is 0 Å². The van der Waals surface area contributed by atoms with Gasteiger partial charge in [-0.15, -0.1) is 0 Å². The molecule has 3 aromatic rings. The van der Waals surface area contributed by atoms with Crippen molar-refractivity contribution >= 4 is 15.9 Å². The summed E-state index contributed by atoms with van der Waals surface area (Å²) in [6.07, 6.45) is 3.27. The highest BCUT2D eigenvalue weighted by atomic mass is 32.2. The fourth-order valence-electron chi connectivity index (χ4n) is 4.37. The summed E-state index contributed by atoms with van der Waals surface area (Å²) in [4.78, 5) is 27.7. The molecule has 1 aliphatic heterocycles. The lowest BCUT2D eigenvalue weighted by molar-refractivity contribution is -0.134. The van der Waals surface area contributed by atoms with Gasteiger partial charge in [-0.1, -0.05) is 44.2 Å². The summed E-state index contributed by atoms with van der Waals surface area (Å²) in [6.45, 7) is 5.08. The minimum Gasteiger partial charge on any atom is -0.348 e. The summed E-state index contributed by atoms with van der Waals surface area (Å²) in [5.41, 5.74) is 1.57. The van der Waals surface area contributed by atoms with Crippen molar-refractivity contribution in [3.05, 3.63) is 88.6 Å². The maximum Gasteiger partial charge on any atom is 0.251 e. The number of sulfonamides is 1. The van der Waals surface area contributed by atoms with E-state index < -0.39 is 15.6 Å². The van der Waals surface area contributed by atoms with Crippen LogP contribution in [0.5, 0.6) is 0 Å². The Morgan fingerprint density at radius 2 is 1.73 bits per heavy atom. The Hall–Kier alpha value is -3.17. The van der Waals surface area contributed by atoms with Gasteiger partial charge in [0.05, 0.1) is 10.9 Å². The highest BCUT2D eigenvalue weighted by molar-refractivity contribution is 7.89. The van der Waals surface area contributed by atoms with Gasteiger partial charge < -0.3 is 14.0 Å². The van der Waals surface area contributed by atoms with Crippen LogP contribution >= 0.6 is 0 Å². The predicted octanol–water partition coefficient (Wildman–Crippen LogP) is 2.31. The Morgan fingerprint density at radius 3 is 2.42 bits per heavy atom. The maximum absolute atomic E-state index is 13.4. The standard InChI is InChI=1S/C24H28N4O4S/c1-3-27(4-2)33(31,32)20-12-13-22(29)26(17-20)18-23(30)28-16-15-25-14-8-11-21(25)24(28)19-9-6-5-7-10-19/h5-14,17,24H,3-4,15-16,18H2,1-2H3. The number of hydrogen-bond acceptors (Lipinski definition) is 4. The van der Waals surface area contributed by atoms with Gasteiger partial charge in [0.1, 0.15) is 6.54 Å². The first kappa shape index (κ1) is 23.0. The molecule has 33 heavy (non-hydrogen) atoms. The van der Waals surface area contributed by atoms with Crippen LogP contribution in [-0.4, -0.2) is 52.3 Å². The fraction of sp³-hybridized carbons (Fsp3) is 0.333. The summed E-state index contributed by atoms with van der Waals surface area (Å²) >= 11 is 0. The summed E-state index contributed by atoms with van der Waals surface area (Å²) in [7, 11) is -3.74. The summed E-state index contributed by atoms with van der Waals surface area (Å²) in [6, 6.07) is 16.0. The van der Waals surface area contributed by atoms with Crippen molar-refractivity contribution in [2.45, 2.75) is 37.9 Å². The second-order valence-electron chi connectivity index (χ2n) is 7.95. The monoisotopic (exact) mass is 468 g/mol. The van der Waals surface area contributed by atoms with Gasteiger partial charge in [-0.2, -0.15) is 4.31 Å². The van der Waals surface area contributed by atoms with Crippen molar-refractivity contribution in [3.8, 4) is 0 Å². The number of pyridine rings is 1. The predicted molar refractivity (Wildman–Crippen MR) is 125 cm³/mol. The van der Waals surface area contributed by atoms with Crippen molar-refractivity contribution in [3.63, 3.8) is 0 Å². The Kier molecular flexibility index (Phi) is 6.53. The molecule has 8 nitrogen and oxygen atoms in total. The molecular formula is C24H28N4O4S. The Morgan fingerprint density at radius 1 is 1.00 bits per heavy atom. The molecule has 1 unspecified atom stereocenters. The highest BCUT2D eigenvalue weighted by Gasteiger charge is 2.32. The highest BCUT2D eigenvalue weighted by Crippen LogP contribution is 2.32. The lowest BCUT2D eigenvalue weighted by Crippen LogP contribution is -2.44.